The van der Waals surface area contributed by atoms with E-state index in [-0.39, 0.29) is 5.91 Å². The maximum Gasteiger partial charge on any atom is 0.265 e. The molecule has 9 heteroatoms. The summed E-state index contributed by atoms with van der Waals surface area (Å²) >= 11 is 1.34. The fourth-order valence-electron chi connectivity index (χ4n) is 3.19. The summed E-state index contributed by atoms with van der Waals surface area (Å²) < 4.78 is 2.03. The van der Waals surface area contributed by atoms with Crippen LogP contribution in [0.3, 0.4) is 0 Å². The van der Waals surface area contributed by atoms with Crippen LogP contribution in [0.25, 0.3) is 11.3 Å². The highest BCUT2D eigenvalue weighted by Crippen LogP contribution is 2.26. The minimum atomic E-state index is -0.526. The van der Waals surface area contributed by atoms with Crippen molar-refractivity contribution in [2.24, 2.45) is 11.7 Å². The van der Waals surface area contributed by atoms with Crippen LogP contribution in [0.1, 0.15) is 47.7 Å². The fraction of sp³-hybridized carbons (Fsp3) is 0.400. The third kappa shape index (κ3) is 4.92. The first-order valence-electron chi connectivity index (χ1n) is 9.51. The number of anilines is 1. The summed E-state index contributed by atoms with van der Waals surface area (Å²) in [4.78, 5) is 30.8. The predicted octanol–water partition coefficient (Wildman–Crippen LogP) is 3.28. The van der Waals surface area contributed by atoms with Gasteiger partial charge in [-0.1, -0.05) is 13.8 Å². The minimum absolute atomic E-state index is 0.0896. The number of carbonyl (C=O) groups is 2. The van der Waals surface area contributed by atoms with Crippen LogP contribution in [0, 0.1) is 19.8 Å². The van der Waals surface area contributed by atoms with Gasteiger partial charge in [0.15, 0.2) is 5.13 Å². The molecule has 29 heavy (non-hydrogen) atoms. The molecule has 0 atom stereocenters. The molecule has 8 nitrogen and oxygen atoms in total. The highest BCUT2D eigenvalue weighted by molar-refractivity contribution is 7.14. The van der Waals surface area contributed by atoms with Crippen molar-refractivity contribution in [2.75, 3.05) is 5.32 Å². The number of nitrogens with zero attached hydrogens (tertiary/aromatic N) is 3. The molecule has 0 unspecified atom stereocenters. The Morgan fingerprint density at radius 3 is 2.76 bits per heavy atom. The third-order valence-electron chi connectivity index (χ3n) is 4.67. The normalized spacial score (nSPS) is 11.2. The Hall–Kier alpha value is -2.94. The summed E-state index contributed by atoms with van der Waals surface area (Å²) in [6.07, 6.45) is 2.67. The molecule has 0 saturated carbocycles. The lowest BCUT2D eigenvalue weighted by molar-refractivity contribution is -0.116. The monoisotopic (exact) mass is 414 g/mol. The van der Waals surface area contributed by atoms with E-state index in [2.05, 4.69) is 41.2 Å². The topological polar surface area (TPSA) is 119 Å². The van der Waals surface area contributed by atoms with Gasteiger partial charge in [0.25, 0.3) is 5.91 Å². The number of aryl methyl sites for hydroxylation is 1. The molecule has 0 aliphatic rings. The van der Waals surface area contributed by atoms with Gasteiger partial charge in [-0.15, -0.1) is 11.3 Å². The smallest absolute Gasteiger partial charge is 0.265 e. The maximum absolute atomic E-state index is 12.4. The Morgan fingerprint density at radius 2 is 2.10 bits per heavy atom. The Morgan fingerprint density at radius 1 is 1.34 bits per heavy atom. The number of thiazole rings is 1. The Balaban J connectivity index is 1.60. The molecule has 4 N–H and O–H groups in total. The van der Waals surface area contributed by atoms with Gasteiger partial charge in [0, 0.05) is 35.8 Å². The van der Waals surface area contributed by atoms with E-state index in [1.165, 1.54) is 11.3 Å². The zero-order valence-corrected chi connectivity index (χ0v) is 17.9. The molecular formula is C20H26N6O2S. The van der Waals surface area contributed by atoms with Crippen molar-refractivity contribution in [1.29, 1.82) is 0 Å². The van der Waals surface area contributed by atoms with Gasteiger partial charge in [-0.25, -0.2) is 4.98 Å². The summed E-state index contributed by atoms with van der Waals surface area (Å²) in [6.45, 7) is 9.24. The van der Waals surface area contributed by atoms with Gasteiger partial charge in [-0.05, 0) is 37.8 Å². The molecular weight excluding hydrogens is 388 g/mol. The van der Waals surface area contributed by atoms with Crippen molar-refractivity contribution in [3.63, 3.8) is 0 Å². The van der Waals surface area contributed by atoms with Gasteiger partial charge in [-0.3, -0.25) is 14.3 Å². The van der Waals surface area contributed by atoms with E-state index in [0.29, 0.717) is 35.3 Å². The maximum atomic E-state index is 12.4. The lowest BCUT2D eigenvalue weighted by atomic mass is 10.1. The number of primary amides is 1. The highest BCUT2D eigenvalue weighted by Gasteiger charge is 2.15. The molecule has 2 amide bonds. The molecule has 0 bridgehead atoms. The standard InChI is InChI=1S/C20H26N6O2S/c1-11(2)9-26-13(4)15(12(3)25-26)5-6-18(27)24-20-23-17(10-29-20)14-7-16(19(21)28)22-8-14/h7-8,10-11,22H,5-6,9H2,1-4H3,(H2,21,28)(H,23,24,27). The molecule has 3 aromatic rings. The summed E-state index contributed by atoms with van der Waals surface area (Å²) in [6, 6.07) is 1.64. The fourth-order valence-corrected chi connectivity index (χ4v) is 3.92. The molecule has 0 aliphatic heterocycles. The number of aromatic nitrogens is 4. The van der Waals surface area contributed by atoms with Crippen LogP contribution in [-0.2, 0) is 17.8 Å². The number of H-pyrrole nitrogens is 1. The van der Waals surface area contributed by atoms with Crippen LogP contribution < -0.4 is 11.1 Å². The highest BCUT2D eigenvalue weighted by atomic mass is 32.1. The second-order valence-corrected chi connectivity index (χ2v) is 8.34. The van der Waals surface area contributed by atoms with Gasteiger partial charge < -0.3 is 16.0 Å². The molecule has 3 aromatic heterocycles. The Bertz CT molecular complexity index is 1030. The average Bonchev–Trinajstić information content (AvgIpc) is 3.34. The molecule has 154 valence electrons. The number of hydrogen-bond donors (Lipinski definition) is 3. The number of amides is 2. The lowest BCUT2D eigenvalue weighted by Gasteiger charge is -2.08. The van der Waals surface area contributed by atoms with Gasteiger partial charge >= 0.3 is 0 Å². The van der Waals surface area contributed by atoms with Gasteiger partial charge in [-0.2, -0.15) is 5.10 Å². The summed E-state index contributed by atoms with van der Waals surface area (Å²) in [5, 5.41) is 9.80. The molecule has 0 spiro atoms. The predicted molar refractivity (Wildman–Crippen MR) is 114 cm³/mol. The third-order valence-corrected chi connectivity index (χ3v) is 5.42. The van der Waals surface area contributed by atoms with E-state index in [9.17, 15) is 9.59 Å². The van der Waals surface area contributed by atoms with Crippen molar-refractivity contribution in [2.45, 2.75) is 47.1 Å². The van der Waals surface area contributed by atoms with Crippen LogP contribution in [-0.4, -0.2) is 31.6 Å². The van der Waals surface area contributed by atoms with Crippen LogP contribution >= 0.6 is 11.3 Å². The van der Waals surface area contributed by atoms with Crippen molar-refractivity contribution in [3.05, 3.63) is 40.3 Å². The molecule has 3 rings (SSSR count). The van der Waals surface area contributed by atoms with Crippen molar-refractivity contribution in [1.82, 2.24) is 19.7 Å². The van der Waals surface area contributed by atoms with E-state index in [4.69, 9.17) is 5.73 Å². The van der Waals surface area contributed by atoms with Gasteiger partial charge in [0.05, 0.1) is 11.4 Å². The first kappa shape index (κ1) is 20.8. The van der Waals surface area contributed by atoms with E-state index < -0.39 is 5.91 Å². The zero-order chi connectivity index (χ0) is 21.1. The number of hydrogen-bond acceptors (Lipinski definition) is 5. The second kappa shape index (κ2) is 8.60. The second-order valence-electron chi connectivity index (χ2n) is 7.48. The summed E-state index contributed by atoms with van der Waals surface area (Å²) in [5.41, 5.74) is 10.2. The summed E-state index contributed by atoms with van der Waals surface area (Å²) in [7, 11) is 0. The van der Waals surface area contributed by atoms with Crippen LogP contribution in [0.2, 0.25) is 0 Å². The number of rotatable bonds is 8. The van der Waals surface area contributed by atoms with E-state index in [1.807, 2.05) is 17.0 Å². The van der Waals surface area contributed by atoms with Gasteiger partial charge in [0.1, 0.15) is 5.69 Å². The first-order valence-corrected chi connectivity index (χ1v) is 10.4. The number of aromatic amines is 1. The number of carbonyl (C=O) groups excluding carboxylic acids is 2. The first-order chi connectivity index (χ1) is 13.7. The van der Waals surface area contributed by atoms with E-state index >= 15 is 0 Å². The van der Waals surface area contributed by atoms with E-state index in [0.717, 1.165) is 29.1 Å². The van der Waals surface area contributed by atoms with Crippen molar-refractivity contribution >= 4 is 28.3 Å². The zero-order valence-electron chi connectivity index (χ0n) is 17.1. The molecule has 0 aromatic carbocycles. The van der Waals surface area contributed by atoms with Crippen LogP contribution in [0.15, 0.2) is 17.6 Å². The average molecular weight is 415 g/mol. The van der Waals surface area contributed by atoms with Crippen molar-refractivity contribution < 1.29 is 9.59 Å². The molecule has 3 heterocycles. The largest absolute Gasteiger partial charge is 0.364 e. The van der Waals surface area contributed by atoms with Crippen LogP contribution in [0.4, 0.5) is 5.13 Å². The Kier molecular flexibility index (Phi) is 6.17. The molecule has 0 saturated heterocycles. The number of nitrogens with one attached hydrogen (secondary N) is 2. The minimum Gasteiger partial charge on any atom is -0.364 e. The quantitative estimate of drug-likeness (QED) is 0.524. The SMILES string of the molecule is Cc1nn(CC(C)C)c(C)c1CCC(=O)Nc1nc(-c2c[nH]c(C(N)=O)c2)cs1. The molecule has 0 aliphatic carbocycles. The molecule has 0 fully saturated rings. The van der Waals surface area contributed by atoms with Crippen molar-refractivity contribution in [3.8, 4) is 11.3 Å². The lowest BCUT2D eigenvalue weighted by Crippen LogP contribution is -2.13. The van der Waals surface area contributed by atoms with E-state index in [1.54, 1.807) is 12.3 Å². The summed E-state index contributed by atoms with van der Waals surface area (Å²) in [5.74, 6) is -0.0992. The molecule has 0 radical (unpaired) electrons. The number of nitrogens with two attached hydrogens (primary N) is 1. The Labute approximate surface area is 173 Å². The van der Waals surface area contributed by atoms with Crippen LogP contribution in [0.5, 0.6) is 0 Å². The van der Waals surface area contributed by atoms with Gasteiger partial charge in [0.2, 0.25) is 5.91 Å².